The van der Waals surface area contributed by atoms with Crippen LogP contribution in [0.5, 0.6) is 0 Å². The van der Waals surface area contributed by atoms with Crippen molar-refractivity contribution in [2.45, 2.75) is 32.7 Å². The Kier molecular flexibility index (Phi) is 5.16. The lowest BCUT2D eigenvalue weighted by molar-refractivity contribution is 0.795. The number of nitrogens with zero attached hydrogens (tertiary/aromatic N) is 1. The molecule has 0 atom stereocenters. The lowest BCUT2D eigenvalue weighted by Gasteiger charge is -2.20. The molecule has 4 N–H and O–H groups in total. The van der Waals surface area contributed by atoms with Crippen molar-refractivity contribution in [3.05, 3.63) is 59.7 Å². The van der Waals surface area contributed by atoms with Crippen LogP contribution in [0, 0.1) is 0 Å². The van der Waals surface area contributed by atoms with Crippen LogP contribution in [0.3, 0.4) is 0 Å². The molecule has 0 heterocycles. The van der Waals surface area contributed by atoms with E-state index in [1.807, 2.05) is 30.3 Å². The fourth-order valence-corrected chi connectivity index (χ4v) is 2.18. The van der Waals surface area contributed by atoms with Gasteiger partial charge >= 0.3 is 0 Å². The van der Waals surface area contributed by atoms with Crippen molar-refractivity contribution in [3.8, 4) is 0 Å². The second kappa shape index (κ2) is 7.08. The Bertz CT molecular complexity index is 534. The molecule has 0 saturated carbocycles. The molecule has 0 unspecified atom stereocenters. The lowest BCUT2D eigenvalue weighted by Crippen LogP contribution is -2.24. The Labute approximate surface area is 121 Å². The van der Waals surface area contributed by atoms with Crippen molar-refractivity contribution < 1.29 is 0 Å². The van der Waals surface area contributed by atoms with Crippen molar-refractivity contribution >= 4 is 11.4 Å². The number of aryl methyl sites for hydroxylation is 1. The first-order valence-electron chi connectivity index (χ1n) is 7.17. The molecule has 0 aliphatic carbocycles. The predicted octanol–water partition coefficient (Wildman–Crippen LogP) is 3.50. The maximum atomic E-state index is 6.21. The van der Waals surface area contributed by atoms with Crippen molar-refractivity contribution in [1.29, 1.82) is 0 Å². The summed E-state index contributed by atoms with van der Waals surface area (Å²) in [6.45, 7) is 2.76. The molecular weight excluding hydrogens is 246 g/mol. The van der Waals surface area contributed by atoms with Gasteiger partial charge in [-0.15, -0.1) is 0 Å². The molecule has 3 nitrogen and oxygen atoms in total. The van der Waals surface area contributed by atoms with Gasteiger partial charge in [-0.1, -0.05) is 37.6 Å². The standard InChI is InChI=1S/C17H23N3/c1-2-3-5-14-6-4-7-17(12-14)20(19)16-10-8-15(13-18)9-11-16/h4,6-12H,2-3,5,13,18-19H2,1H3. The highest BCUT2D eigenvalue weighted by atomic mass is 15.4. The van der Waals surface area contributed by atoms with E-state index in [1.54, 1.807) is 5.01 Å². The zero-order chi connectivity index (χ0) is 14.4. The molecule has 3 heteroatoms. The van der Waals surface area contributed by atoms with Crippen molar-refractivity contribution in [1.82, 2.24) is 0 Å². The average molecular weight is 269 g/mol. The van der Waals surface area contributed by atoms with Crippen LogP contribution in [0.25, 0.3) is 0 Å². The summed E-state index contributed by atoms with van der Waals surface area (Å²) in [5, 5.41) is 1.72. The summed E-state index contributed by atoms with van der Waals surface area (Å²) in [7, 11) is 0. The summed E-state index contributed by atoms with van der Waals surface area (Å²) < 4.78 is 0. The molecule has 0 amide bonds. The molecule has 0 aliphatic heterocycles. The Morgan fingerprint density at radius 3 is 2.35 bits per heavy atom. The minimum atomic E-state index is 0.553. The maximum Gasteiger partial charge on any atom is 0.0577 e. The van der Waals surface area contributed by atoms with Gasteiger partial charge in [0.05, 0.1) is 11.4 Å². The molecular formula is C17H23N3. The van der Waals surface area contributed by atoms with E-state index in [2.05, 4.69) is 25.1 Å². The third-order valence-corrected chi connectivity index (χ3v) is 3.46. The predicted molar refractivity (Wildman–Crippen MR) is 85.7 cm³/mol. The summed E-state index contributed by atoms with van der Waals surface area (Å²) in [5.74, 6) is 6.21. The second-order valence-electron chi connectivity index (χ2n) is 5.01. The van der Waals surface area contributed by atoms with E-state index in [4.69, 9.17) is 11.6 Å². The Morgan fingerprint density at radius 2 is 1.70 bits per heavy atom. The van der Waals surface area contributed by atoms with Crippen LogP contribution in [-0.2, 0) is 13.0 Å². The third kappa shape index (κ3) is 3.59. The monoisotopic (exact) mass is 269 g/mol. The SMILES string of the molecule is CCCCc1cccc(N(N)c2ccc(CN)cc2)c1. The van der Waals surface area contributed by atoms with E-state index in [1.165, 1.54) is 18.4 Å². The van der Waals surface area contributed by atoms with E-state index in [0.29, 0.717) is 6.54 Å². The summed E-state index contributed by atoms with van der Waals surface area (Å²) >= 11 is 0. The first kappa shape index (κ1) is 14.6. The van der Waals surface area contributed by atoms with Gasteiger partial charge < -0.3 is 5.73 Å². The van der Waals surface area contributed by atoms with Crippen LogP contribution in [-0.4, -0.2) is 0 Å². The van der Waals surface area contributed by atoms with Gasteiger partial charge in [0.1, 0.15) is 0 Å². The minimum Gasteiger partial charge on any atom is -0.326 e. The van der Waals surface area contributed by atoms with Crippen LogP contribution in [0.2, 0.25) is 0 Å². The van der Waals surface area contributed by atoms with Gasteiger partial charge in [0.15, 0.2) is 0 Å². The van der Waals surface area contributed by atoms with E-state index >= 15 is 0 Å². The van der Waals surface area contributed by atoms with E-state index in [0.717, 1.165) is 23.4 Å². The largest absolute Gasteiger partial charge is 0.326 e. The van der Waals surface area contributed by atoms with Gasteiger partial charge in [-0.3, -0.25) is 5.01 Å². The second-order valence-corrected chi connectivity index (χ2v) is 5.01. The van der Waals surface area contributed by atoms with Gasteiger partial charge in [-0.25, -0.2) is 5.84 Å². The van der Waals surface area contributed by atoms with E-state index < -0.39 is 0 Å². The van der Waals surface area contributed by atoms with Crippen LogP contribution in [0.1, 0.15) is 30.9 Å². The van der Waals surface area contributed by atoms with Crippen molar-refractivity contribution in [2.24, 2.45) is 11.6 Å². The summed E-state index contributed by atoms with van der Waals surface area (Å²) in [6, 6.07) is 16.4. The smallest absolute Gasteiger partial charge is 0.0577 e. The molecule has 0 bridgehead atoms. The fourth-order valence-electron chi connectivity index (χ4n) is 2.18. The van der Waals surface area contributed by atoms with Crippen LogP contribution in [0.15, 0.2) is 48.5 Å². The first-order valence-corrected chi connectivity index (χ1v) is 7.17. The number of anilines is 2. The summed E-state index contributed by atoms with van der Waals surface area (Å²) in [6.07, 6.45) is 3.51. The van der Waals surface area contributed by atoms with Gasteiger partial charge in [-0.05, 0) is 48.2 Å². The van der Waals surface area contributed by atoms with E-state index in [-0.39, 0.29) is 0 Å². The number of unbranched alkanes of at least 4 members (excludes halogenated alkanes) is 1. The number of nitrogens with two attached hydrogens (primary N) is 2. The number of benzene rings is 2. The maximum absolute atomic E-state index is 6.21. The van der Waals surface area contributed by atoms with Gasteiger partial charge in [0, 0.05) is 6.54 Å². The Hall–Kier alpha value is -1.84. The van der Waals surface area contributed by atoms with Crippen molar-refractivity contribution in [3.63, 3.8) is 0 Å². The molecule has 2 aromatic carbocycles. The minimum absolute atomic E-state index is 0.553. The van der Waals surface area contributed by atoms with Crippen LogP contribution in [0.4, 0.5) is 11.4 Å². The molecule has 0 aliphatic rings. The van der Waals surface area contributed by atoms with Crippen LogP contribution >= 0.6 is 0 Å². The highest BCUT2D eigenvalue weighted by molar-refractivity contribution is 5.62. The molecule has 0 fully saturated rings. The summed E-state index contributed by atoms with van der Waals surface area (Å²) in [4.78, 5) is 0. The molecule has 20 heavy (non-hydrogen) atoms. The third-order valence-electron chi connectivity index (χ3n) is 3.46. The van der Waals surface area contributed by atoms with Crippen molar-refractivity contribution in [2.75, 3.05) is 5.01 Å². The molecule has 0 spiro atoms. The quantitative estimate of drug-likeness (QED) is 0.623. The van der Waals surface area contributed by atoms with Crippen LogP contribution < -0.4 is 16.6 Å². The number of hydrogen-bond acceptors (Lipinski definition) is 3. The van der Waals surface area contributed by atoms with Gasteiger partial charge in [-0.2, -0.15) is 0 Å². The first-order chi connectivity index (χ1) is 9.74. The fraction of sp³-hybridized carbons (Fsp3) is 0.294. The highest BCUT2D eigenvalue weighted by Gasteiger charge is 2.05. The number of hydrogen-bond donors (Lipinski definition) is 2. The molecule has 0 radical (unpaired) electrons. The van der Waals surface area contributed by atoms with Gasteiger partial charge in [0.2, 0.25) is 0 Å². The molecule has 0 aromatic heterocycles. The Balaban J connectivity index is 2.16. The zero-order valence-corrected chi connectivity index (χ0v) is 12.0. The zero-order valence-electron chi connectivity index (χ0n) is 12.0. The summed E-state index contributed by atoms with van der Waals surface area (Å²) in [5.41, 5.74) is 10.0. The molecule has 2 aromatic rings. The normalized spacial score (nSPS) is 10.6. The number of rotatable bonds is 6. The average Bonchev–Trinajstić information content (AvgIpc) is 2.52. The molecule has 0 saturated heterocycles. The van der Waals surface area contributed by atoms with Gasteiger partial charge in [0.25, 0.3) is 0 Å². The number of hydrazine groups is 1. The Morgan fingerprint density at radius 1 is 0.950 bits per heavy atom. The highest BCUT2D eigenvalue weighted by Crippen LogP contribution is 2.23. The molecule has 106 valence electrons. The van der Waals surface area contributed by atoms with E-state index in [9.17, 15) is 0 Å². The lowest BCUT2D eigenvalue weighted by atomic mass is 10.1. The topological polar surface area (TPSA) is 55.3 Å². The molecule has 2 rings (SSSR count).